The summed E-state index contributed by atoms with van der Waals surface area (Å²) in [7, 11) is -3.49. The molecule has 1 saturated heterocycles. The van der Waals surface area contributed by atoms with Gasteiger partial charge in [-0.05, 0) is 58.0 Å². The molecule has 0 amide bonds. The molecule has 4 rings (SSSR count). The maximum absolute atomic E-state index is 12.2. The second kappa shape index (κ2) is 7.93. The first-order valence-corrected chi connectivity index (χ1v) is 12.0. The number of halogens is 1. The molecule has 0 unspecified atom stereocenters. The molecular weight excluding hydrogens is 505 g/mol. The van der Waals surface area contributed by atoms with Crippen LogP contribution in [-0.4, -0.2) is 42.9 Å². The molecule has 0 aliphatic carbocycles. The zero-order valence-electron chi connectivity index (χ0n) is 15.6. The minimum atomic E-state index is -3.49. The normalized spacial score (nSPS) is 15.3. The highest BCUT2D eigenvalue weighted by Gasteiger charge is 2.20. The summed E-state index contributed by atoms with van der Waals surface area (Å²) in [5.74, 6) is 0.553. The van der Waals surface area contributed by atoms with Crippen LogP contribution in [0.25, 0.3) is 22.2 Å². The summed E-state index contributed by atoms with van der Waals surface area (Å²) in [5, 5.41) is 10.3. The highest BCUT2D eigenvalue weighted by atomic mass is 127. The van der Waals surface area contributed by atoms with Crippen molar-refractivity contribution >= 4 is 43.6 Å². The second-order valence-electron chi connectivity index (χ2n) is 6.84. The van der Waals surface area contributed by atoms with Gasteiger partial charge in [-0.3, -0.25) is 0 Å². The van der Waals surface area contributed by atoms with Crippen molar-refractivity contribution < 1.29 is 17.9 Å². The van der Waals surface area contributed by atoms with Gasteiger partial charge in [0.05, 0.1) is 28.7 Å². The van der Waals surface area contributed by atoms with Crippen LogP contribution in [0.1, 0.15) is 18.4 Å². The quantitative estimate of drug-likeness (QED) is 0.486. The van der Waals surface area contributed by atoms with Crippen LogP contribution in [0.15, 0.2) is 36.5 Å². The van der Waals surface area contributed by atoms with Crippen molar-refractivity contribution in [1.82, 2.24) is 8.96 Å². The first kappa shape index (κ1) is 20.1. The smallest absolute Gasteiger partial charge is 0.238 e. The molecule has 0 bridgehead atoms. The summed E-state index contributed by atoms with van der Waals surface area (Å²) in [6.45, 7) is 1.32. The van der Waals surface area contributed by atoms with Gasteiger partial charge in [-0.15, -0.1) is 0 Å². The third kappa shape index (κ3) is 3.97. The van der Waals surface area contributed by atoms with E-state index in [1.807, 2.05) is 34.7 Å². The standard InChI is InChI=1S/C20H18IN3O4S/c1-29(25,26)24-19(21)11-17-16(4-7-23-20(17)24)13-2-3-18(14(10-13)12-22)28-15-5-8-27-9-6-15/h2-4,7,10-11,15H,5-6,8-9H2,1H3. The molecule has 0 N–H and O–H groups in total. The number of rotatable bonds is 4. The molecule has 0 saturated carbocycles. The van der Waals surface area contributed by atoms with Crippen LogP contribution < -0.4 is 4.74 Å². The van der Waals surface area contributed by atoms with Crippen molar-refractivity contribution in [3.8, 4) is 22.9 Å². The van der Waals surface area contributed by atoms with E-state index in [0.717, 1.165) is 30.2 Å². The molecule has 0 spiro atoms. The Balaban J connectivity index is 1.77. The first-order valence-electron chi connectivity index (χ1n) is 9.04. The highest BCUT2D eigenvalue weighted by molar-refractivity contribution is 14.1. The number of nitriles is 1. The number of hydrogen-bond donors (Lipinski definition) is 0. The molecule has 2 aromatic heterocycles. The van der Waals surface area contributed by atoms with E-state index in [2.05, 4.69) is 11.1 Å². The van der Waals surface area contributed by atoms with Crippen molar-refractivity contribution in [2.24, 2.45) is 0 Å². The van der Waals surface area contributed by atoms with Gasteiger partial charge in [0, 0.05) is 24.4 Å². The lowest BCUT2D eigenvalue weighted by molar-refractivity contribution is 0.0254. The Morgan fingerprint density at radius 2 is 2.03 bits per heavy atom. The van der Waals surface area contributed by atoms with E-state index in [0.29, 0.717) is 39.3 Å². The molecular formula is C20H18IN3O4S. The molecule has 1 aromatic carbocycles. The van der Waals surface area contributed by atoms with Gasteiger partial charge in [0.2, 0.25) is 10.0 Å². The van der Waals surface area contributed by atoms with Crippen LogP contribution in [-0.2, 0) is 14.8 Å². The number of benzene rings is 1. The maximum Gasteiger partial charge on any atom is 0.238 e. The predicted molar refractivity (Wildman–Crippen MR) is 117 cm³/mol. The minimum Gasteiger partial charge on any atom is -0.489 e. The van der Waals surface area contributed by atoms with E-state index in [4.69, 9.17) is 9.47 Å². The van der Waals surface area contributed by atoms with E-state index in [-0.39, 0.29) is 6.10 Å². The van der Waals surface area contributed by atoms with Gasteiger partial charge in [0.1, 0.15) is 17.9 Å². The zero-order chi connectivity index (χ0) is 20.6. The van der Waals surface area contributed by atoms with Gasteiger partial charge >= 0.3 is 0 Å². The zero-order valence-corrected chi connectivity index (χ0v) is 18.6. The average Bonchev–Trinajstić information content (AvgIpc) is 3.05. The summed E-state index contributed by atoms with van der Waals surface area (Å²) >= 11 is 1.99. The van der Waals surface area contributed by atoms with Crippen LogP contribution in [0.3, 0.4) is 0 Å². The third-order valence-corrected chi connectivity index (χ3v) is 6.98. The Bertz CT molecular complexity index is 1220. The van der Waals surface area contributed by atoms with Crippen LogP contribution in [0.4, 0.5) is 0 Å². The van der Waals surface area contributed by atoms with Crippen molar-refractivity contribution in [3.63, 3.8) is 0 Å². The molecule has 0 atom stereocenters. The third-order valence-electron chi connectivity index (χ3n) is 4.82. The lowest BCUT2D eigenvalue weighted by Gasteiger charge is -2.23. The van der Waals surface area contributed by atoms with E-state index in [1.165, 1.54) is 3.97 Å². The van der Waals surface area contributed by atoms with Gasteiger partial charge in [-0.2, -0.15) is 5.26 Å². The lowest BCUT2D eigenvalue weighted by Crippen LogP contribution is -2.26. The Morgan fingerprint density at radius 3 is 2.72 bits per heavy atom. The molecule has 150 valence electrons. The van der Waals surface area contributed by atoms with Gasteiger partial charge in [-0.25, -0.2) is 17.4 Å². The molecule has 29 heavy (non-hydrogen) atoms. The van der Waals surface area contributed by atoms with Crippen LogP contribution >= 0.6 is 22.6 Å². The summed E-state index contributed by atoms with van der Waals surface area (Å²) in [4.78, 5) is 4.27. The Morgan fingerprint density at radius 1 is 1.28 bits per heavy atom. The van der Waals surface area contributed by atoms with E-state index in [1.54, 1.807) is 24.4 Å². The number of nitrogens with zero attached hydrogens (tertiary/aromatic N) is 3. The fraction of sp³-hybridized carbons (Fsp3) is 0.300. The molecule has 1 aliphatic rings. The minimum absolute atomic E-state index is 0.0414. The largest absolute Gasteiger partial charge is 0.489 e. The second-order valence-corrected chi connectivity index (χ2v) is 9.78. The summed E-state index contributed by atoms with van der Waals surface area (Å²) in [6.07, 6.45) is 4.37. The van der Waals surface area contributed by atoms with E-state index < -0.39 is 10.0 Å². The van der Waals surface area contributed by atoms with Crippen LogP contribution in [0.2, 0.25) is 0 Å². The Labute approximate surface area is 182 Å². The maximum atomic E-state index is 12.2. The van der Waals surface area contributed by atoms with E-state index >= 15 is 0 Å². The Kier molecular flexibility index (Phi) is 5.50. The summed E-state index contributed by atoms with van der Waals surface area (Å²) < 4.78 is 37.5. The van der Waals surface area contributed by atoms with Crippen LogP contribution in [0.5, 0.6) is 5.75 Å². The Hall–Kier alpha value is -2.16. The van der Waals surface area contributed by atoms with Crippen molar-refractivity contribution in [2.45, 2.75) is 18.9 Å². The topological polar surface area (TPSA) is 94.2 Å². The number of ether oxygens (including phenoxy) is 2. The lowest BCUT2D eigenvalue weighted by atomic mass is 10.0. The SMILES string of the molecule is CS(=O)(=O)n1c(I)cc2c(-c3ccc(OC4CCOCC4)c(C#N)c3)ccnc21. The fourth-order valence-corrected chi connectivity index (χ4v) is 5.92. The summed E-state index contributed by atoms with van der Waals surface area (Å²) in [6, 6.07) is 11.3. The molecule has 1 aliphatic heterocycles. The fourth-order valence-electron chi connectivity index (χ4n) is 3.47. The van der Waals surface area contributed by atoms with E-state index in [9.17, 15) is 13.7 Å². The number of fused-ring (bicyclic) bond motifs is 1. The van der Waals surface area contributed by atoms with Gasteiger partial charge in [0.15, 0.2) is 5.65 Å². The molecule has 3 aromatic rings. The molecule has 3 heterocycles. The number of hydrogen-bond acceptors (Lipinski definition) is 6. The van der Waals surface area contributed by atoms with Crippen molar-refractivity contribution in [2.75, 3.05) is 19.5 Å². The van der Waals surface area contributed by atoms with Crippen molar-refractivity contribution in [3.05, 3.63) is 45.8 Å². The molecule has 7 nitrogen and oxygen atoms in total. The molecule has 0 radical (unpaired) electrons. The van der Waals surface area contributed by atoms with Gasteiger partial charge < -0.3 is 9.47 Å². The summed E-state index contributed by atoms with van der Waals surface area (Å²) in [5.41, 5.74) is 2.42. The highest BCUT2D eigenvalue weighted by Crippen LogP contribution is 2.34. The van der Waals surface area contributed by atoms with Gasteiger partial charge in [-0.1, -0.05) is 6.07 Å². The van der Waals surface area contributed by atoms with Gasteiger partial charge in [0.25, 0.3) is 0 Å². The van der Waals surface area contributed by atoms with Crippen LogP contribution in [0, 0.1) is 15.0 Å². The first-order chi connectivity index (χ1) is 13.9. The van der Waals surface area contributed by atoms with Crippen molar-refractivity contribution in [1.29, 1.82) is 5.26 Å². The average molecular weight is 523 g/mol. The molecule has 1 fully saturated rings. The monoisotopic (exact) mass is 523 g/mol. The molecule has 9 heteroatoms. The predicted octanol–water partition coefficient (Wildman–Crippen LogP) is 3.55. The number of pyridine rings is 1. The number of aromatic nitrogens is 2.